The maximum absolute atomic E-state index is 6.23. The van der Waals surface area contributed by atoms with Crippen molar-refractivity contribution in [2.75, 3.05) is 7.11 Å². The van der Waals surface area contributed by atoms with Crippen molar-refractivity contribution in [3.05, 3.63) is 64.9 Å². The first-order valence-corrected chi connectivity index (χ1v) is 7.13. The van der Waals surface area contributed by atoms with Gasteiger partial charge in [0.2, 0.25) is 0 Å². The number of nitrogens with two attached hydrogens (primary N) is 1. The molecule has 22 heavy (non-hydrogen) atoms. The summed E-state index contributed by atoms with van der Waals surface area (Å²) in [5.74, 6) is 1.99. The van der Waals surface area contributed by atoms with Gasteiger partial charge in [-0.15, -0.1) is 0 Å². The van der Waals surface area contributed by atoms with E-state index >= 15 is 0 Å². The van der Waals surface area contributed by atoms with Crippen molar-refractivity contribution in [2.45, 2.75) is 6.04 Å². The van der Waals surface area contributed by atoms with E-state index in [4.69, 9.17) is 22.1 Å². The van der Waals surface area contributed by atoms with E-state index in [-0.39, 0.29) is 6.04 Å². The van der Waals surface area contributed by atoms with E-state index in [2.05, 4.69) is 15.2 Å². The SMILES string of the molecule is COc1ccc(C(N)c2nc(-c3ccc(Cl)cc3)n[nH]2)cc1. The highest BCUT2D eigenvalue weighted by atomic mass is 35.5. The highest BCUT2D eigenvalue weighted by molar-refractivity contribution is 6.30. The van der Waals surface area contributed by atoms with Crippen molar-refractivity contribution in [1.29, 1.82) is 0 Å². The molecule has 0 radical (unpaired) electrons. The van der Waals surface area contributed by atoms with Gasteiger partial charge in [0.05, 0.1) is 13.2 Å². The third-order valence-electron chi connectivity index (χ3n) is 3.37. The Balaban J connectivity index is 1.84. The predicted octanol–water partition coefficient (Wildman–Crippen LogP) is 3.18. The lowest BCUT2D eigenvalue weighted by molar-refractivity contribution is 0.414. The second-order valence-electron chi connectivity index (χ2n) is 4.80. The number of aromatic amines is 1. The molecule has 6 heteroatoms. The molecule has 3 rings (SSSR count). The van der Waals surface area contributed by atoms with Crippen LogP contribution < -0.4 is 10.5 Å². The molecule has 0 fully saturated rings. The number of methoxy groups -OCH3 is 1. The lowest BCUT2D eigenvalue weighted by Crippen LogP contribution is -2.13. The fourth-order valence-electron chi connectivity index (χ4n) is 2.11. The second kappa shape index (κ2) is 6.17. The van der Waals surface area contributed by atoms with Crippen LogP contribution in [0.2, 0.25) is 5.02 Å². The van der Waals surface area contributed by atoms with Gasteiger partial charge in [-0.1, -0.05) is 23.7 Å². The number of rotatable bonds is 4. The van der Waals surface area contributed by atoms with Crippen LogP contribution in [-0.2, 0) is 0 Å². The summed E-state index contributed by atoms with van der Waals surface area (Å²) < 4.78 is 5.14. The Labute approximate surface area is 133 Å². The van der Waals surface area contributed by atoms with Crippen LogP contribution in [0.1, 0.15) is 17.4 Å². The molecule has 112 valence electrons. The van der Waals surface area contributed by atoms with Crippen molar-refractivity contribution in [3.8, 4) is 17.1 Å². The first-order valence-electron chi connectivity index (χ1n) is 6.75. The van der Waals surface area contributed by atoms with Gasteiger partial charge in [0.1, 0.15) is 11.6 Å². The molecule has 1 aromatic heterocycles. The van der Waals surface area contributed by atoms with Gasteiger partial charge < -0.3 is 10.5 Å². The summed E-state index contributed by atoms with van der Waals surface area (Å²) in [6, 6.07) is 14.5. The summed E-state index contributed by atoms with van der Waals surface area (Å²) in [6.45, 7) is 0. The molecule has 3 N–H and O–H groups in total. The molecule has 0 aliphatic heterocycles. The average Bonchev–Trinajstić information content (AvgIpc) is 3.05. The summed E-state index contributed by atoms with van der Waals surface area (Å²) in [7, 11) is 1.63. The van der Waals surface area contributed by atoms with Crippen LogP contribution in [0, 0.1) is 0 Å². The van der Waals surface area contributed by atoms with Crippen molar-refractivity contribution in [2.24, 2.45) is 5.73 Å². The summed E-state index contributed by atoms with van der Waals surface area (Å²) in [5, 5.41) is 7.78. The Morgan fingerprint density at radius 1 is 1.09 bits per heavy atom. The fraction of sp³-hybridized carbons (Fsp3) is 0.125. The Hall–Kier alpha value is -2.37. The zero-order valence-corrected chi connectivity index (χ0v) is 12.7. The normalized spacial score (nSPS) is 12.1. The van der Waals surface area contributed by atoms with Gasteiger partial charge in [-0.05, 0) is 42.0 Å². The Bertz CT molecular complexity index is 753. The average molecular weight is 315 g/mol. The smallest absolute Gasteiger partial charge is 0.181 e. The summed E-state index contributed by atoms with van der Waals surface area (Å²) in [4.78, 5) is 4.46. The van der Waals surface area contributed by atoms with Crippen molar-refractivity contribution < 1.29 is 4.74 Å². The molecule has 2 aromatic carbocycles. The van der Waals surface area contributed by atoms with Crippen LogP contribution in [0.25, 0.3) is 11.4 Å². The third kappa shape index (κ3) is 2.95. The number of nitrogens with one attached hydrogen (secondary N) is 1. The molecule has 0 saturated heterocycles. The lowest BCUT2D eigenvalue weighted by atomic mass is 10.1. The topological polar surface area (TPSA) is 76.8 Å². The Morgan fingerprint density at radius 3 is 2.41 bits per heavy atom. The number of ether oxygens (including phenoxy) is 1. The fourth-order valence-corrected chi connectivity index (χ4v) is 2.24. The molecule has 1 heterocycles. The summed E-state index contributed by atoms with van der Waals surface area (Å²) >= 11 is 5.88. The van der Waals surface area contributed by atoms with Gasteiger partial charge in [0, 0.05) is 10.6 Å². The first-order chi connectivity index (χ1) is 10.7. The van der Waals surface area contributed by atoms with Gasteiger partial charge in [-0.3, -0.25) is 5.10 Å². The minimum atomic E-state index is -0.376. The standard InChI is InChI=1S/C16H15ClN4O/c1-22-13-8-4-10(5-9-13)14(18)16-19-15(20-21-16)11-2-6-12(17)7-3-11/h2-9,14H,18H2,1H3,(H,19,20,21). The number of hydrogen-bond donors (Lipinski definition) is 2. The van der Waals surface area contributed by atoms with Crippen LogP contribution in [-0.4, -0.2) is 22.3 Å². The van der Waals surface area contributed by atoms with E-state index in [1.54, 1.807) is 19.2 Å². The number of nitrogens with zero attached hydrogens (tertiary/aromatic N) is 2. The first kappa shape index (κ1) is 14.6. The zero-order chi connectivity index (χ0) is 15.5. The zero-order valence-electron chi connectivity index (χ0n) is 12.0. The van der Waals surface area contributed by atoms with E-state index in [1.165, 1.54) is 0 Å². The van der Waals surface area contributed by atoms with Crippen LogP contribution in [0.5, 0.6) is 5.75 Å². The summed E-state index contributed by atoms with van der Waals surface area (Å²) in [6.07, 6.45) is 0. The molecule has 3 aromatic rings. The molecule has 5 nitrogen and oxygen atoms in total. The largest absolute Gasteiger partial charge is 0.497 e. The van der Waals surface area contributed by atoms with E-state index in [9.17, 15) is 0 Å². The number of H-pyrrole nitrogens is 1. The van der Waals surface area contributed by atoms with Crippen LogP contribution >= 0.6 is 11.6 Å². The maximum atomic E-state index is 6.23. The van der Waals surface area contributed by atoms with Crippen LogP contribution in [0.15, 0.2) is 48.5 Å². The Kier molecular flexibility index (Phi) is 4.09. The number of halogens is 1. The van der Waals surface area contributed by atoms with E-state index < -0.39 is 0 Å². The van der Waals surface area contributed by atoms with Crippen molar-refractivity contribution >= 4 is 11.6 Å². The van der Waals surface area contributed by atoms with E-state index in [0.29, 0.717) is 16.7 Å². The van der Waals surface area contributed by atoms with Gasteiger partial charge in [0.15, 0.2) is 5.82 Å². The molecule has 0 aliphatic rings. The van der Waals surface area contributed by atoms with Gasteiger partial charge in [0.25, 0.3) is 0 Å². The molecule has 0 bridgehead atoms. The number of hydrogen-bond acceptors (Lipinski definition) is 4. The highest BCUT2D eigenvalue weighted by Crippen LogP contribution is 2.22. The molecule has 0 aliphatic carbocycles. The van der Waals surface area contributed by atoms with Gasteiger partial charge in [-0.25, -0.2) is 4.98 Å². The predicted molar refractivity (Wildman–Crippen MR) is 85.9 cm³/mol. The lowest BCUT2D eigenvalue weighted by Gasteiger charge is -2.09. The van der Waals surface area contributed by atoms with Crippen molar-refractivity contribution in [3.63, 3.8) is 0 Å². The molecule has 0 amide bonds. The van der Waals surface area contributed by atoms with Crippen molar-refractivity contribution in [1.82, 2.24) is 15.2 Å². The maximum Gasteiger partial charge on any atom is 0.181 e. The summed E-state index contributed by atoms with van der Waals surface area (Å²) in [5.41, 5.74) is 8.04. The minimum absolute atomic E-state index is 0.376. The van der Waals surface area contributed by atoms with Gasteiger partial charge >= 0.3 is 0 Å². The quantitative estimate of drug-likeness (QED) is 0.775. The molecule has 0 saturated carbocycles. The van der Waals surface area contributed by atoms with E-state index in [0.717, 1.165) is 16.9 Å². The highest BCUT2D eigenvalue weighted by Gasteiger charge is 2.14. The molecule has 0 spiro atoms. The molecular formula is C16H15ClN4O. The monoisotopic (exact) mass is 314 g/mol. The van der Waals surface area contributed by atoms with E-state index in [1.807, 2.05) is 36.4 Å². The van der Waals surface area contributed by atoms with Crippen LogP contribution in [0.4, 0.5) is 0 Å². The number of benzene rings is 2. The minimum Gasteiger partial charge on any atom is -0.497 e. The van der Waals surface area contributed by atoms with Gasteiger partial charge in [-0.2, -0.15) is 5.10 Å². The number of aromatic nitrogens is 3. The molecule has 1 unspecified atom stereocenters. The second-order valence-corrected chi connectivity index (χ2v) is 5.24. The third-order valence-corrected chi connectivity index (χ3v) is 3.63. The molecule has 1 atom stereocenters. The molecular weight excluding hydrogens is 300 g/mol. The Morgan fingerprint density at radius 2 is 1.77 bits per heavy atom. The van der Waals surface area contributed by atoms with Crippen LogP contribution in [0.3, 0.4) is 0 Å².